The van der Waals surface area contributed by atoms with E-state index in [0.717, 1.165) is 11.1 Å². The SMILES string of the molecule is CC(O)C(CN)(Cc1ccc(Cl)cc1Cl)c1ccccc1. The van der Waals surface area contributed by atoms with Crippen LogP contribution in [0.4, 0.5) is 0 Å². The Morgan fingerprint density at radius 3 is 2.33 bits per heavy atom. The van der Waals surface area contributed by atoms with Crippen molar-refractivity contribution in [2.45, 2.75) is 24.9 Å². The number of hydrogen-bond donors (Lipinski definition) is 2. The molecule has 3 N–H and O–H groups in total. The third-order valence-electron chi connectivity index (χ3n) is 4.03. The van der Waals surface area contributed by atoms with Gasteiger partial charge in [0.15, 0.2) is 0 Å². The summed E-state index contributed by atoms with van der Waals surface area (Å²) in [5.74, 6) is 0. The van der Waals surface area contributed by atoms with Crippen molar-refractivity contribution in [3.8, 4) is 0 Å². The van der Waals surface area contributed by atoms with Gasteiger partial charge in [-0.15, -0.1) is 0 Å². The van der Waals surface area contributed by atoms with Gasteiger partial charge >= 0.3 is 0 Å². The van der Waals surface area contributed by atoms with E-state index in [9.17, 15) is 5.11 Å². The van der Waals surface area contributed by atoms with Crippen molar-refractivity contribution in [3.63, 3.8) is 0 Å². The van der Waals surface area contributed by atoms with E-state index in [0.29, 0.717) is 23.0 Å². The molecule has 0 radical (unpaired) electrons. The number of halogens is 2. The van der Waals surface area contributed by atoms with Gasteiger partial charge in [-0.25, -0.2) is 0 Å². The Bertz CT molecular complexity index is 601. The van der Waals surface area contributed by atoms with Gasteiger partial charge < -0.3 is 10.8 Å². The first-order valence-corrected chi connectivity index (χ1v) is 7.63. The molecule has 0 amide bonds. The Morgan fingerprint density at radius 2 is 1.81 bits per heavy atom. The molecule has 0 fully saturated rings. The lowest BCUT2D eigenvalue weighted by Gasteiger charge is -2.36. The van der Waals surface area contributed by atoms with Crippen LogP contribution in [0.5, 0.6) is 0 Å². The highest BCUT2D eigenvalue weighted by molar-refractivity contribution is 6.35. The molecule has 2 atom stereocenters. The summed E-state index contributed by atoms with van der Waals surface area (Å²) in [6.45, 7) is 2.09. The third kappa shape index (κ3) is 3.41. The van der Waals surface area contributed by atoms with Crippen LogP contribution in [-0.4, -0.2) is 17.8 Å². The molecule has 2 nitrogen and oxygen atoms in total. The maximum Gasteiger partial charge on any atom is 0.0624 e. The van der Waals surface area contributed by atoms with E-state index in [1.54, 1.807) is 19.1 Å². The van der Waals surface area contributed by atoms with Crippen molar-refractivity contribution >= 4 is 23.2 Å². The van der Waals surface area contributed by atoms with Crippen molar-refractivity contribution in [2.75, 3.05) is 6.54 Å². The number of aliphatic hydroxyl groups is 1. The van der Waals surface area contributed by atoms with Gasteiger partial charge in [0.1, 0.15) is 0 Å². The summed E-state index contributed by atoms with van der Waals surface area (Å²) in [6.07, 6.45) is -0.0436. The standard InChI is InChI=1S/C17H19Cl2NO/c1-12(21)17(11-20,14-5-3-2-4-6-14)10-13-7-8-15(18)9-16(13)19/h2-9,12,21H,10-11,20H2,1H3. The number of hydrogen-bond acceptors (Lipinski definition) is 2. The van der Waals surface area contributed by atoms with Crippen LogP contribution in [0.2, 0.25) is 10.0 Å². The fourth-order valence-electron chi connectivity index (χ4n) is 2.63. The normalized spacial score (nSPS) is 15.5. The van der Waals surface area contributed by atoms with E-state index in [1.165, 1.54) is 0 Å². The van der Waals surface area contributed by atoms with Crippen molar-refractivity contribution in [1.29, 1.82) is 0 Å². The van der Waals surface area contributed by atoms with Gasteiger partial charge in [-0.05, 0) is 36.6 Å². The Labute approximate surface area is 135 Å². The average Bonchev–Trinajstić information content (AvgIpc) is 2.47. The zero-order chi connectivity index (χ0) is 15.5. The van der Waals surface area contributed by atoms with E-state index in [4.69, 9.17) is 28.9 Å². The van der Waals surface area contributed by atoms with Gasteiger partial charge in [-0.3, -0.25) is 0 Å². The molecular weight excluding hydrogens is 305 g/mol. The molecule has 0 spiro atoms. The molecule has 0 bridgehead atoms. The highest BCUT2D eigenvalue weighted by Crippen LogP contribution is 2.34. The Morgan fingerprint density at radius 1 is 1.14 bits per heavy atom. The van der Waals surface area contributed by atoms with Gasteiger partial charge in [0, 0.05) is 22.0 Å². The van der Waals surface area contributed by atoms with Gasteiger partial charge in [0.05, 0.1) is 6.10 Å². The first-order chi connectivity index (χ1) is 9.99. The fraction of sp³-hybridized carbons (Fsp3) is 0.294. The molecule has 2 unspecified atom stereocenters. The highest BCUT2D eigenvalue weighted by atomic mass is 35.5. The van der Waals surface area contributed by atoms with Crippen LogP contribution in [0.3, 0.4) is 0 Å². The van der Waals surface area contributed by atoms with Crippen LogP contribution in [0, 0.1) is 0 Å². The quantitative estimate of drug-likeness (QED) is 0.878. The minimum atomic E-state index is -0.600. The lowest BCUT2D eigenvalue weighted by molar-refractivity contribution is 0.100. The molecule has 0 saturated heterocycles. The minimum absolute atomic E-state index is 0.327. The summed E-state index contributed by atoms with van der Waals surface area (Å²) in [6, 6.07) is 15.2. The van der Waals surface area contributed by atoms with Crippen molar-refractivity contribution in [3.05, 3.63) is 69.7 Å². The largest absolute Gasteiger partial charge is 0.392 e. The number of benzene rings is 2. The Balaban J connectivity index is 2.46. The van der Waals surface area contributed by atoms with Gasteiger partial charge in [-0.2, -0.15) is 0 Å². The van der Waals surface area contributed by atoms with Gasteiger partial charge in [0.2, 0.25) is 0 Å². The first-order valence-electron chi connectivity index (χ1n) is 6.87. The Kier molecular flexibility index (Phi) is 5.28. The Hall–Kier alpha value is -1.06. The molecule has 0 aromatic heterocycles. The zero-order valence-electron chi connectivity index (χ0n) is 11.9. The molecule has 4 heteroatoms. The fourth-order valence-corrected chi connectivity index (χ4v) is 3.10. The first kappa shape index (κ1) is 16.3. The maximum absolute atomic E-state index is 10.4. The molecule has 0 aliphatic carbocycles. The number of nitrogens with two attached hydrogens (primary N) is 1. The van der Waals surface area contributed by atoms with E-state index < -0.39 is 11.5 Å². The summed E-state index contributed by atoms with van der Waals surface area (Å²) in [5, 5.41) is 11.6. The molecule has 2 rings (SSSR count). The maximum atomic E-state index is 10.4. The summed E-state index contributed by atoms with van der Waals surface area (Å²) >= 11 is 12.2. The van der Waals surface area contributed by atoms with Crippen molar-refractivity contribution in [2.24, 2.45) is 5.73 Å². The summed E-state index contributed by atoms with van der Waals surface area (Å²) in [7, 11) is 0. The molecule has 2 aromatic rings. The predicted octanol–water partition coefficient (Wildman–Crippen LogP) is 3.81. The second kappa shape index (κ2) is 6.80. The molecule has 21 heavy (non-hydrogen) atoms. The molecule has 0 aliphatic rings. The molecule has 0 heterocycles. The second-order valence-electron chi connectivity index (χ2n) is 5.31. The summed E-state index contributed by atoms with van der Waals surface area (Å²) in [5.41, 5.74) is 7.40. The smallest absolute Gasteiger partial charge is 0.0624 e. The van der Waals surface area contributed by atoms with Gasteiger partial charge in [0.25, 0.3) is 0 Å². The minimum Gasteiger partial charge on any atom is -0.392 e. The van der Waals surface area contributed by atoms with Crippen LogP contribution in [0.25, 0.3) is 0 Å². The number of aliphatic hydroxyl groups excluding tert-OH is 1. The van der Waals surface area contributed by atoms with Crippen LogP contribution in [0.1, 0.15) is 18.1 Å². The topological polar surface area (TPSA) is 46.2 Å². The van der Waals surface area contributed by atoms with Crippen LogP contribution < -0.4 is 5.73 Å². The number of rotatable bonds is 5. The highest BCUT2D eigenvalue weighted by Gasteiger charge is 2.36. The monoisotopic (exact) mass is 323 g/mol. The molecule has 0 saturated carbocycles. The molecule has 112 valence electrons. The van der Waals surface area contributed by atoms with Crippen molar-refractivity contribution < 1.29 is 5.11 Å². The van der Waals surface area contributed by atoms with E-state index in [-0.39, 0.29) is 0 Å². The van der Waals surface area contributed by atoms with Crippen molar-refractivity contribution in [1.82, 2.24) is 0 Å². The zero-order valence-corrected chi connectivity index (χ0v) is 13.4. The molecule has 2 aromatic carbocycles. The third-order valence-corrected chi connectivity index (χ3v) is 4.62. The predicted molar refractivity (Wildman–Crippen MR) is 89.0 cm³/mol. The van der Waals surface area contributed by atoms with Crippen LogP contribution >= 0.6 is 23.2 Å². The van der Waals surface area contributed by atoms with Crippen LogP contribution in [-0.2, 0) is 11.8 Å². The molecule has 0 aliphatic heterocycles. The lowest BCUT2D eigenvalue weighted by atomic mass is 9.72. The summed E-state index contributed by atoms with van der Waals surface area (Å²) in [4.78, 5) is 0. The van der Waals surface area contributed by atoms with E-state index in [2.05, 4.69) is 0 Å². The lowest BCUT2D eigenvalue weighted by Crippen LogP contribution is -2.46. The molecular formula is C17H19Cl2NO. The summed E-state index contributed by atoms with van der Waals surface area (Å²) < 4.78 is 0. The van der Waals surface area contributed by atoms with Crippen LogP contribution in [0.15, 0.2) is 48.5 Å². The average molecular weight is 324 g/mol. The van der Waals surface area contributed by atoms with E-state index in [1.807, 2.05) is 36.4 Å². The van der Waals surface area contributed by atoms with E-state index >= 15 is 0 Å². The second-order valence-corrected chi connectivity index (χ2v) is 6.16. The van der Waals surface area contributed by atoms with Gasteiger partial charge in [-0.1, -0.05) is 59.6 Å².